The number of nitrogens with zero attached hydrogens (tertiary/aromatic N) is 1. The van der Waals surface area contributed by atoms with E-state index in [1.165, 1.54) is 57.3 Å². The van der Waals surface area contributed by atoms with E-state index in [-0.39, 0.29) is 0 Å². The van der Waals surface area contributed by atoms with Crippen LogP contribution in [-0.2, 0) is 0 Å². The van der Waals surface area contributed by atoms with Crippen molar-refractivity contribution in [2.45, 2.75) is 38.5 Å². The Kier molecular flexibility index (Phi) is 3.36. The fourth-order valence-electron chi connectivity index (χ4n) is 2.37. The van der Waals surface area contributed by atoms with Crippen molar-refractivity contribution in [3.05, 3.63) is 0 Å². The molecule has 74 valence electrons. The van der Waals surface area contributed by atoms with Crippen LogP contribution in [0.2, 0.25) is 0 Å². The second kappa shape index (κ2) is 4.75. The molecule has 0 aromatic carbocycles. The van der Waals surface area contributed by atoms with Crippen LogP contribution in [-0.4, -0.2) is 25.3 Å². The van der Waals surface area contributed by atoms with Crippen LogP contribution in [0.1, 0.15) is 38.5 Å². The molecule has 2 nitrogen and oxygen atoms in total. The monoisotopic (exact) mass is 180 g/mol. The number of hydrogen-bond donors (Lipinski definition) is 1. The first kappa shape index (κ1) is 9.20. The van der Waals surface area contributed by atoms with Crippen LogP contribution in [0, 0.1) is 5.92 Å². The van der Waals surface area contributed by atoms with Crippen molar-refractivity contribution in [1.82, 2.24) is 5.32 Å². The van der Waals surface area contributed by atoms with Crippen LogP contribution in [0.25, 0.3) is 0 Å². The van der Waals surface area contributed by atoms with Crippen molar-refractivity contribution < 1.29 is 0 Å². The summed E-state index contributed by atoms with van der Waals surface area (Å²) in [5.41, 5.74) is 1.52. The molecular weight excluding hydrogens is 160 g/mol. The summed E-state index contributed by atoms with van der Waals surface area (Å²) in [4.78, 5) is 4.72. The standard InChI is InChI=1S/C11H20N2/c1-2-6-11(13-8-3-1)10-5-4-7-12-9-10/h10,12H,1-9H2/t10-/m0/s1. The lowest BCUT2D eigenvalue weighted by atomic mass is 9.92. The highest BCUT2D eigenvalue weighted by Crippen LogP contribution is 2.18. The summed E-state index contributed by atoms with van der Waals surface area (Å²) in [7, 11) is 0. The van der Waals surface area contributed by atoms with Gasteiger partial charge < -0.3 is 5.32 Å². The second-order valence-electron chi connectivity index (χ2n) is 4.23. The largest absolute Gasteiger partial charge is 0.316 e. The Labute approximate surface area is 80.8 Å². The van der Waals surface area contributed by atoms with Crippen molar-refractivity contribution >= 4 is 5.71 Å². The van der Waals surface area contributed by atoms with Crippen LogP contribution in [0.3, 0.4) is 0 Å². The summed E-state index contributed by atoms with van der Waals surface area (Å²) in [6.07, 6.45) is 8.04. The van der Waals surface area contributed by atoms with Crippen LogP contribution in [0.4, 0.5) is 0 Å². The maximum atomic E-state index is 4.72. The minimum atomic E-state index is 0.770. The summed E-state index contributed by atoms with van der Waals surface area (Å²) >= 11 is 0. The molecule has 0 radical (unpaired) electrons. The zero-order valence-corrected chi connectivity index (χ0v) is 8.39. The third-order valence-electron chi connectivity index (χ3n) is 3.17. The molecule has 2 aliphatic heterocycles. The molecule has 0 amide bonds. The van der Waals surface area contributed by atoms with Crippen LogP contribution < -0.4 is 5.32 Å². The van der Waals surface area contributed by atoms with Crippen molar-refractivity contribution in [1.29, 1.82) is 0 Å². The molecule has 0 aliphatic carbocycles. The maximum absolute atomic E-state index is 4.72. The fraction of sp³-hybridized carbons (Fsp3) is 0.909. The van der Waals surface area contributed by atoms with Gasteiger partial charge in [-0.2, -0.15) is 0 Å². The number of rotatable bonds is 1. The highest BCUT2D eigenvalue weighted by Gasteiger charge is 2.19. The smallest absolute Gasteiger partial charge is 0.0388 e. The zero-order valence-electron chi connectivity index (χ0n) is 8.39. The number of nitrogens with one attached hydrogen (secondary N) is 1. The van der Waals surface area contributed by atoms with Crippen LogP contribution in [0.15, 0.2) is 4.99 Å². The van der Waals surface area contributed by atoms with Crippen LogP contribution in [0.5, 0.6) is 0 Å². The summed E-state index contributed by atoms with van der Waals surface area (Å²) in [5.74, 6) is 0.770. The van der Waals surface area contributed by atoms with E-state index in [2.05, 4.69) is 5.32 Å². The SMILES string of the molecule is C1CCN=C([C@H]2CCCNC2)CC1. The molecule has 13 heavy (non-hydrogen) atoms. The molecule has 0 spiro atoms. The van der Waals surface area contributed by atoms with Crippen molar-refractivity contribution in [2.24, 2.45) is 10.9 Å². The van der Waals surface area contributed by atoms with E-state index < -0.39 is 0 Å². The van der Waals surface area contributed by atoms with Gasteiger partial charge in [0.15, 0.2) is 0 Å². The molecule has 2 heterocycles. The van der Waals surface area contributed by atoms with E-state index in [9.17, 15) is 0 Å². The molecule has 0 bridgehead atoms. The van der Waals surface area contributed by atoms with Gasteiger partial charge in [0.25, 0.3) is 0 Å². The normalized spacial score (nSPS) is 30.8. The van der Waals surface area contributed by atoms with E-state index >= 15 is 0 Å². The maximum Gasteiger partial charge on any atom is 0.0388 e. The van der Waals surface area contributed by atoms with Crippen LogP contribution >= 0.6 is 0 Å². The van der Waals surface area contributed by atoms with Gasteiger partial charge in [0.1, 0.15) is 0 Å². The van der Waals surface area contributed by atoms with Gasteiger partial charge in [0, 0.05) is 24.7 Å². The van der Waals surface area contributed by atoms with E-state index in [4.69, 9.17) is 4.99 Å². The second-order valence-corrected chi connectivity index (χ2v) is 4.23. The molecule has 1 atom stereocenters. The number of piperidine rings is 1. The molecule has 1 fully saturated rings. The van der Waals surface area contributed by atoms with Gasteiger partial charge in [-0.1, -0.05) is 6.42 Å². The first-order valence-corrected chi connectivity index (χ1v) is 5.71. The Balaban J connectivity index is 1.92. The van der Waals surface area contributed by atoms with Gasteiger partial charge in [-0.25, -0.2) is 0 Å². The highest BCUT2D eigenvalue weighted by atomic mass is 14.9. The van der Waals surface area contributed by atoms with Gasteiger partial charge in [0.2, 0.25) is 0 Å². The Morgan fingerprint density at radius 3 is 3.00 bits per heavy atom. The van der Waals surface area contributed by atoms with Gasteiger partial charge in [-0.15, -0.1) is 0 Å². The zero-order chi connectivity index (χ0) is 8.93. The van der Waals surface area contributed by atoms with Crippen molar-refractivity contribution in [2.75, 3.05) is 19.6 Å². The first-order valence-electron chi connectivity index (χ1n) is 5.71. The molecule has 0 aromatic heterocycles. The quantitative estimate of drug-likeness (QED) is 0.656. The number of aliphatic imine (C=N–C) groups is 1. The lowest BCUT2D eigenvalue weighted by Crippen LogP contribution is -2.34. The van der Waals surface area contributed by atoms with Gasteiger partial charge in [0.05, 0.1) is 0 Å². The minimum absolute atomic E-state index is 0.770. The number of hydrogen-bond acceptors (Lipinski definition) is 2. The average molecular weight is 180 g/mol. The first-order chi connectivity index (χ1) is 6.47. The van der Waals surface area contributed by atoms with E-state index in [1.807, 2.05) is 0 Å². The lowest BCUT2D eigenvalue weighted by Gasteiger charge is -2.24. The molecule has 2 heteroatoms. The van der Waals surface area contributed by atoms with Gasteiger partial charge in [-0.3, -0.25) is 4.99 Å². The molecule has 0 unspecified atom stereocenters. The molecule has 0 saturated carbocycles. The Hall–Kier alpha value is -0.370. The van der Waals surface area contributed by atoms with Gasteiger partial charge in [-0.05, 0) is 38.6 Å². The summed E-state index contributed by atoms with van der Waals surface area (Å²) in [6, 6.07) is 0. The summed E-state index contributed by atoms with van der Waals surface area (Å²) in [6.45, 7) is 3.48. The summed E-state index contributed by atoms with van der Waals surface area (Å²) < 4.78 is 0. The van der Waals surface area contributed by atoms with E-state index in [1.54, 1.807) is 0 Å². The minimum Gasteiger partial charge on any atom is -0.316 e. The molecular formula is C11H20N2. The third-order valence-corrected chi connectivity index (χ3v) is 3.17. The van der Waals surface area contributed by atoms with E-state index in [0.29, 0.717) is 0 Å². The Morgan fingerprint density at radius 1 is 1.15 bits per heavy atom. The fourth-order valence-corrected chi connectivity index (χ4v) is 2.37. The highest BCUT2D eigenvalue weighted by molar-refractivity contribution is 5.87. The topological polar surface area (TPSA) is 24.4 Å². The Bertz CT molecular complexity index is 181. The molecule has 2 aliphatic rings. The summed E-state index contributed by atoms with van der Waals surface area (Å²) in [5, 5.41) is 3.47. The van der Waals surface area contributed by atoms with Crippen molar-refractivity contribution in [3.63, 3.8) is 0 Å². The predicted molar refractivity (Wildman–Crippen MR) is 56.4 cm³/mol. The molecule has 0 aromatic rings. The molecule has 2 rings (SSSR count). The van der Waals surface area contributed by atoms with E-state index in [0.717, 1.165) is 12.5 Å². The predicted octanol–water partition coefficient (Wildman–Crippen LogP) is 2.00. The average Bonchev–Trinajstić information content (AvgIpc) is 2.47. The lowest BCUT2D eigenvalue weighted by molar-refractivity contribution is 0.453. The Morgan fingerprint density at radius 2 is 2.15 bits per heavy atom. The molecule has 1 N–H and O–H groups in total. The molecule has 1 saturated heterocycles. The van der Waals surface area contributed by atoms with Crippen molar-refractivity contribution in [3.8, 4) is 0 Å². The van der Waals surface area contributed by atoms with Gasteiger partial charge >= 0.3 is 0 Å². The third kappa shape index (κ3) is 2.53.